The normalized spacial score (nSPS) is 14.6. The van der Waals surface area contributed by atoms with Crippen LogP contribution in [0.15, 0.2) is 54.7 Å². The maximum absolute atomic E-state index is 13.8. The minimum Gasteiger partial charge on any atom is -0.490 e. The Morgan fingerprint density at radius 3 is 2.32 bits per heavy atom. The molecule has 3 aromatic rings. The van der Waals surface area contributed by atoms with E-state index in [-0.39, 0.29) is 11.8 Å². The first kappa shape index (κ1) is 21.0. The lowest BCUT2D eigenvalue weighted by atomic mass is 10.2. The first-order valence-electron chi connectivity index (χ1n) is 10.1. The van der Waals surface area contributed by atoms with Crippen molar-refractivity contribution in [1.82, 2.24) is 9.78 Å². The summed E-state index contributed by atoms with van der Waals surface area (Å²) in [7, 11) is 0. The maximum atomic E-state index is 13.8. The summed E-state index contributed by atoms with van der Waals surface area (Å²) in [6.07, 6.45) is 0.714. The molecule has 0 spiro atoms. The second-order valence-electron chi connectivity index (χ2n) is 7.65. The molecule has 0 bridgehead atoms. The minimum absolute atomic E-state index is 0.197. The van der Waals surface area contributed by atoms with E-state index in [9.17, 15) is 18.0 Å². The van der Waals surface area contributed by atoms with Gasteiger partial charge in [0.05, 0.1) is 23.6 Å². The molecular weight excluding hydrogens is 407 g/mol. The van der Waals surface area contributed by atoms with Crippen LogP contribution in [0.3, 0.4) is 0 Å². The number of nitrogens with one attached hydrogen (secondary N) is 1. The largest absolute Gasteiger partial charge is 0.490 e. The van der Waals surface area contributed by atoms with Crippen molar-refractivity contribution in [1.29, 1.82) is 0 Å². The summed E-state index contributed by atoms with van der Waals surface area (Å²) in [5, 5.41) is 6.35. The van der Waals surface area contributed by atoms with E-state index in [2.05, 4.69) is 10.4 Å². The van der Waals surface area contributed by atoms with Crippen molar-refractivity contribution < 1.29 is 22.7 Å². The van der Waals surface area contributed by atoms with Crippen LogP contribution in [-0.4, -0.2) is 21.8 Å². The Labute approximate surface area is 177 Å². The van der Waals surface area contributed by atoms with Gasteiger partial charge in [0.15, 0.2) is 5.69 Å². The van der Waals surface area contributed by atoms with Crippen LogP contribution in [-0.2, 0) is 6.18 Å². The van der Waals surface area contributed by atoms with Crippen LogP contribution in [0.5, 0.6) is 5.75 Å². The van der Waals surface area contributed by atoms with Crippen molar-refractivity contribution in [3.05, 3.63) is 71.5 Å². The van der Waals surface area contributed by atoms with Crippen molar-refractivity contribution in [3.63, 3.8) is 0 Å². The number of nitrogens with zero attached hydrogens (tertiary/aromatic N) is 2. The van der Waals surface area contributed by atoms with E-state index in [0.717, 1.165) is 42.1 Å². The molecule has 1 aromatic heterocycles. The number of hydrogen-bond donors (Lipinski definition) is 1. The predicted octanol–water partition coefficient (Wildman–Crippen LogP) is 5.77. The van der Waals surface area contributed by atoms with E-state index >= 15 is 0 Å². The molecule has 1 aliphatic rings. The molecule has 2 aromatic carbocycles. The highest BCUT2D eigenvalue weighted by atomic mass is 19.4. The number of hydrogen-bond acceptors (Lipinski definition) is 3. The quantitative estimate of drug-likeness (QED) is 0.560. The molecule has 1 fully saturated rings. The SMILES string of the molecule is Cc1ccc(-n2ncc(C(=O)Nc3ccc(OC4CCCC4)cc3)c2C(F)(F)F)cc1. The molecule has 8 heteroatoms. The summed E-state index contributed by atoms with van der Waals surface area (Å²) >= 11 is 0. The van der Waals surface area contributed by atoms with Crippen LogP contribution < -0.4 is 10.1 Å². The zero-order chi connectivity index (χ0) is 22.0. The Bertz CT molecular complexity index is 1050. The Hall–Kier alpha value is -3.29. The fourth-order valence-electron chi connectivity index (χ4n) is 3.68. The second kappa shape index (κ2) is 8.45. The lowest BCUT2D eigenvalue weighted by molar-refractivity contribution is -0.143. The molecular formula is C23H22F3N3O2. The van der Waals surface area contributed by atoms with Crippen LogP contribution in [0.2, 0.25) is 0 Å². The van der Waals surface area contributed by atoms with Crippen molar-refractivity contribution in [2.75, 3.05) is 5.32 Å². The molecule has 1 aliphatic carbocycles. The highest BCUT2D eigenvalue weighted by Crippen LogP contribution is 2.34. The van der Waals surface area contributed by atoms with Crippen LogP contribution in [0.4, 0.5) is 18.9 Å². The predicted molar refractivity (Wildman–Crippen MR) is 111 cm³/mol. The summed E-state index contributed by atoms with van der Waals surface area (Å²) in [6, 6.07) is 13.1. The zero-order valence-corrected chi connectivity index (χ0v) is 16.9. The third kappa shape index (κ3) is 4.73. The van der Waals surface area contributed by atoms with Crippen molar-refractivity contribution in [2.45, 2.75) is 44.9 Å². The van der Waals surface area contributed by atoms with Gasteiger partial charge in [-0.1, -0.05) is 17.7 Å². The zero-order valence-electron chi connectivity index (χ0n) is 16.9. The molecule has 0 unspecified atom stereocenters. The van der Waals surface area contributed by atoms with Gasteiger partial charge in [-0.15, -0.1) is 0 Å². The standard InChI is InChI=1S/C23H22F3N3O2/c1-15-6-10-17(11-7-15)29-21(23(24,25)26)20(14-27-29)22(30)28-16-8-12-19(13-9-16)31-18-4-2-3-5-18/h6-14,18H,2-5H2,1H3,(H,28,30). The highest BCUT2D eigenvalue weighted by Gasteiger charge is 2.40. The fraction of sp³-hybridized carbons (Fsp3) is 0.304. The number of carbonyl (C=O) groups is 1. The summed E-state index contributed by atoms with van der Waals surface area (Å²) in [5.41, 5.74) is -0.150. The van der Waals surface area contributed by atoms with Gasteiger partial charge in [-0.05, 0) is 69.0 Å². The molecule has 162 valence electrons. The molecule has 1 N–H and O–H groups in total. The van der Waals surface area contributed by atoms with Gasteiger partial charge < -0.3 is 10.1 Å². The minimum atomic E-state index is -4.76. The first-order chi connectivity index (χ1) is 14.8. The number of carbonyl (C=O) groups excluding carboxylic acids is 1. The lowest BCUT2D eigenvalue weighted by Crippen LogP contribution is -2.20. The number of ether oxygens (including phenoxy) is 1. The summed E-state index contributed by atoms with van der Waals surface area (Å²) in [6.45, 7) is 1.83. The Morgan fingerprint density at radius 2 is 1.71 bits per heavy atom. The highest BCUT2D eigenvalue weighted by molar-refractivity contribution is 6.05. The number of alkyl halides is 3. The monoisotopic (exact) mass is 429 g/mol. The van der Waals surface area contributed by atoms with Gasteiger partial charge in [0.25, 0.3) is 5.91 Å². The van der Waals surface area contributed by atoms with Gasteiger partial charge >= 0.3 is 6.18 Å². The van der Waals surface area contributed by atoms with E-state index in [4.69, 9.17) is 4.74 Å². The molecule has 31 heavy (non-hydrogen) atoms. The number of amides is 1. The average Bonchev–Trinajstić information content (AvgIpc) is 3.40. The molecule has 1 heterocycles. The number of benzene rings is 2. The molecule has 0 radical (unpaired) electrons. The molecule has 1 saturated carbocycles. The third-order valence-corrected chi connectivity index (χ3v) is 5.28. The van der Waals surface area contributed by atoms with Crippen molar-refractivity contribution >= 4 is 11.6 Å². The molecule has 0 aliphatic heterocycles. The maximum Gasteiger partial charge on any atom is 0.434 e. The summed E-state index contributed by atoms with van der Waals surface area (Å²) in [4.78, 5) is 12.6. The number of rotatable bonds is 5. The molecule has 0 saturated heterocycles. The average molecular weight is 429 g/mol. The smallest absolute Gasteiger partial charge is 0.434 e. The Morgan fingerprint density at radius 1 is 1.06 bits per heavy atom. The first-order valence-corrected chi connectivity index (χ1v) is 10.1. The Kier molecular flexibility index (Phi) is 5.71. The number of aryl methyl sites for hydroxylation is 1. The lowest BCUT2D eigenvalue weighted by Gasteiger charge is -2.14. The number of anilines is 1. The van der Waals surface area contributed by atoms with Crippen molar-refractivity contribution in [3.8, 4) is 11.4 Å². The van der Waals surface area contributed by atoms with Crippen LogP contribution in [0.25, 0.3) is 5.69 Å². The van der Waals surface area contributed by atoms with Gasteiger partial charge in [0, 0.05) is 5.69 Å². The molecule has 4 rings (SSSR count). The third-order valence-electron chi connectivity index (χ3n) is 5.28. The van der Waals surface area contributed by atoms with E-state index in [1.54, 1.807) is 36.4 Å². The van der Waals surface area contributed by atoms with E-state index in [1.165, 1.54) is 12.1 Å². The van der Waals surface area contributed by atoms with Crippen LogP contribution in [0.1, 0.15) is 47.3 Å². The van der Waals surface area contributed by atoms with E-state index < -0.39 is 23.3 Å². The van der Waals surface area contributed by atoms with E-state index in [0.29, 0.717) is 11.4 Å². The van der Waals surface area contributed by atoms with Gasteiger partial charge in [-0.3, -0.25) is 4.79 Å². The Balaban J connectivity index is 1.54. The molecule has 5 nitrogen and oxygen atoms in total. The summed E-state index contributed by atoms with van der Waals surface area (Å²) in [5.74, 6) is -0.205. The van der Waals surface area contributed by atoms with Crippen LogP contribution in [0, 0.1) is 6.92 Å². The van der Waals surface area contributed by atoms with Gasteiger partial charge in [-0.25, -0.2) is 4.68 Å². The van der Waals surface area contributed by atoms with Crippen molar-refractivity contribution in [2.24, 2.45) is 0 Å². The number of halogens is 3. The molecule has 0 atom stereocenters. The fourth-order valence-corrected chi connectivity index (χ4v) is 3.68. The molecule has 1 amide bonds. The second-order valence-corrected chi connectivity index (χ2v) is 7.65. The van der Waals surface area contributed by atoms with Gasteiger partial charge in [0.1, 0.15) is 5.75 Å². The van der Waals surface area contributed by atoms with E-state index in [1.807, 2.05) is 6.92 Å². The van der Waals surface area contributed by atoms with Crippen LogP contribution >= 0.6 is 0 Å². The number of aromatic nitrogens is 2. The van der Waals surface area contributed by atoms with Gasteiger partial charge in [0.2, 0.25) is 0 Å². The topological polar surface area (TPSA) is 56.2 Å². The summed E-state index contributed by atoms with van der Waals surface area (Å²) < 4.78 is 48.0. The van der Waals surface area contributed by atoms with Gasteiger partial charge in [-0.2, -0.15) is 18.3 Å².